The Kier molecular flexibility index (Phi) is 7.00. The van der Waals surface area contributed by atoms with E-state index < -0.39 is 0 Å². The fourth-order valence-corrected chi connectivity index (χ4v) is 5.20. The molecule has 0 spiro atoms. The Morgan fingerprint density at radius 1 is 1.11 bits per heavy atom. The summed E-state index contributed by atoms with van der Waals surface area (Å²) in [6.45, 7) is 5.59. The van der Waals surface area contributed by atoms with Gasteiger partial charge in [0.1, 0.15) is 23.5 Å². The number of H-pyrrole nitrogens is 1. The van der Waals surface area contributed by atoms with Gasteiger partial charge in [-0.15, -0.1) is 0 Å². The van der Waals surface area contributed by atoms with E-state index in [1.165, 1.54) is 0 Å². The molecule has 0 aliphatic carbocycles. The summed E-state index contributed by atoms with van der Waals surface area (Å²) in [7, 11) is 0. The number of carbonyl (C=O) groups excluding carboxylic acids is 1. The summed E-state index contributed by atoms with van der Waals surface area (Å²) in [5, 5.41) is 3.95. The number of piperidine rings is 1. The van der Waals surface area contributed by atoms with Gasteiger partial charge in [0.25, 0.3) is 5.91 Å². The van der Waals surface area contributed by atoms with Crippen LogP contribution >= 0.6 is 0 Å². The van der Waals surface area contributed by atoms with Crippen molar-refractivity contribution >= 4 is 28.4 Å². The van der Waals surface area contributed by atoms with Crippen molar-refractivity contribution in [2.24, 2.45) is 5.73 Å². The van der Waals surface area contributed by atoms with Crippen molar-refractivity contribution in [1.29, 1.82) is 0 Å². The molecule has 38 heavy (non-hydrogen) atoms. The summed E-state index contributed by atoms with van der Waals surface area (Å²) in [5.74, 6) is 0.688. The third-order valence-electron chi connectivity index (χ3n) is 7.14. The number of pyridine rings is 1. The van der Waals surface area contributed by atoms with Crippen molar-refractivity contribution in [2.45, 2.75) is 25.4 Å². The Morgan fingerprint density at radius 2 is 1.95 bits per heavy atom. The van der Waals surface area contributed by atoms with Crippen LogP contribution in [-0.2, 0) is 11.3 Å². The molecular formula is C28H32N8O2. The zero-order chi connectivity index (χ0) is 25.9. The normalized spacial score (nSPS) is 18.6. The van der Waals surface area contributed by atoms with E-state index in [2.05, 4.69) is 41.1 Å². The largest absolute Gasteiger partial charge is 0.378 e. The maximum Gasteiger partial charge on any atom is 0.274 e. The van der Waals surface area contributed by atoms with E-state index in [-0.39, 0.29) is 11.9 Å². The quantitative estimate of drug-likeness (QED) is 0.360. The lowest BCUT2D eigenvalue weighted by Crippen LogP contribution is -2.42. The van der Waals surface area contributed by atoms with Crippen molar-refractivity contribution < 1.29 is 9.53 Å². The van der Waals surface area contributed by atoms with Crippen molar-refractivity contribution in [1.82, 2.24) is 24.8 Å². The Morgan fingerprint density at radius 3 is 2.76 bits per heavy atom. The van der Waals surface area contributed by atoms with Crippen molar-refractivity contribution in [2.75, 3.05) is 49.6 Å². The predicted molar refractivity (Wildman–Crippen MR) is 147 cm³/mol. The van der Waals surface area contributed by atoms with Crippen LogP contribution in [0, 0.1) is 0 Å². The van der Waals surface area contributed by atoms with Gasteiger partial charge in [-0.25, -0.2) is 15.0 Å². The number of benzene rings is 1. The molecule has 1 atom stereocenters. The minimum absolute atomic E-state index is 0.210. The molecule has 1 amide bonds. The maximum atomic E-state index is 12.9. The number of aromatic amines is 1. The SMILES string of the molecule is N[C@@H]1CCCN(Cc2cccc(C(=O)Nc3ccc(-c4cc5c(N6CCOCC6)ncnc5[nH]4)cc3)n2)C1. The smallest absolute Gasteiger partial charge is 0.274 e. The molecule has 5 heterocycles. The molecule has 196 valence electrons. The average Bonchev–Trinajstić information content (AvgIpc) is 3.39. The van der Waals surface area contributed by atoms with E-state index in [0.29, 0.717) is 31.1 Å². The molecule has 4 aromatic rings. The van der Waals surface area contributed by atoms with E-state index in [4.69, 9.17) is 10.5 Å². The molecule has 1 aromatic carbocycles. The number of nitrogens with one attached hydrogen (secondary N) is 2. The molecule has 2 saturated heterocycles. The number of nitrogens with zero attached hydrogens (tertiary/aromatic N) is 5. The molecule has 10 nitrogen and oxygen atoms in total. The molecule has 4 N–H and O–H groups in total. The molecule has 0 saturated carbocycles. The minimum atomic E-state index is -0.231. The second-order valence-electron chi connectivity index (χ2n) is 9.93. The van der Waals surface area contributed by atoms with E-state index in [0.717, 1.165) is 72.8 Å². The first kappa shape index (κ1) is 24.5. The Bertz CT molecular complexity index is 1410. The lowest BCUT2D eigenvalue weighted by Gasteiger charge is -2.30. The number of nitrogens with two attached hydrogens (primary N) is 1. The molecule has 0 bridgehead atoms. The standard InChI is InChI=1S/C28H32N8O2/c29-20-3-2-10-35(16-20)17-22-4-1-5-24(32-22)28(37)33-21-8-6-19(7-9-21)25-15-23-26(34-25)30-18-31-27(23)36-11-13-38-14-12-36/h1,4-9,15,18,20H,2-3,10-14,16-17,29H2,(H,33,37)(H,30,31,34)/t20-/m1/s1. The summed E-state index contributed by atoms with van der Waals surface area (Å²) in [5.41, 5.74) is 10.8. The molecule has 0 radical (unpaired) electrons. The van der Waals surface area contributed by atoms with Gasteiger partial charge in [-0.1, -0.05) is 18.2 Å². The van der Waals surface area contributed by atoms with Crippen LogP contribution in [0.4, 0.5) is 11.5 Å². The molecule has 2 aliphatic heterocycles. The van der Waals surface area contributed by atoms with Gasteiger partial charge in [0.2, 0.25) is 0 Å². The highest BCUT2D eigenvalue weighted by molar-refractivity contribution is 6.03. The number of morpholine rings is 1. The van der Waals surface area contributed by atoms with Crippen LogP contribution < -0.4 is 16.0 Å². The van der Waals surface area contributed by atoms with Crippen LogP contribution in [0.5, 0.6) is 0 Å². The van der Waals surface area contributed by atoms with Gasteiger partial charge >= 0.3 is 0 Å². The number of hydrogen-bond acceptors (Lipinski definition) is 8. The molecular weight excluding hydrogens is 480 g/mol. The van der Waals surface area contributed by atoms with Crippen LogP contribution in [0.2, 0.25) is 0 Å². The van der Waals surface area contributed by atoms with Crippen molar-refractivity contribution in [3.05, 3.63) is 66.2 Å². The number of hydrogen-bond donors (Lipinski definition) is 3. The van der Waals surface area contributed by atoms with Crippen LogP contribution in [-0.4, -0.2) is 76.2 Å². The Balaban J connectivity index is 1.14. The van der Waals surface area contributed by atoms with Crippen LogP contribution in [0.3, 0.4) is 0 Å². The van der Waals surface area contributed by atoms with Gasteiger partial charge in [-0.05, 0) is 55.3 Å². The van der Waals surface area contributed by atoms with Crippen molar-refractivity contribution in [3.8, 4) is 11.3 Å². The van der Waals surface area contributed by atoms with E-state index in [9.17, 15) is 4.79 Å². The first-order valence-electron chi connectivity index (χ1n) is 13.1. The van der Waals surface area contributed by atoms with Gasteiger partial charge in [-0.3, -0.25) is 9.69 Å². The first-order valence-corrected chi connectivity index (χ1v) is 13.1. The van der Waals surface area contributed by atoms with Gasteiger partial charge in [-0.2, -0.15) is 0 Å². The second-order valence-corrected chi connectivity index (χ2v) is 9.93. The molecule has 6 rings (SSSR count). The number of anilines is 2. The van der Waals surface area contributed by atoms with Crippen LogP contribution in [0.1, 0.15) is 29.0 Å². The fourth-order valence-electron chi connectivity index (χ4n) is 5.20. The lowest BCUT2D eigenvalue weighted by molar-refractivity contribution is 0.102. The summed E-state index contributed by atoms with van der Waals surface area (Å²) in [4.78, 5) is 34.4. The summed E-state index contributed by atoms with van der Waals surface area (Å²) >= 11 is 0. The third-order valence-corrected chi connectivity index (χ3v) is 7.14. The number of amides is 1. The number of aromatic nitrogens is 4. The fraction of sp³-hybridized carbons (Fsp3) is 0.357. The summed E-state index contributed by atoms with van der Waals surface area (Å²) < 4.78 is 5.48. The molecule has 2 aliphatic rings. The summed E-state index contributed by atoms with van der Waals surface area (Å²) in [6.07, 6.45) is 3.75. The van der Waals surface area contributed by atoms with Crippen molar-refractivity contribution in [3.63, 3.8) is 0 Å². The number of likely N-dealkylation sites (tertiary alicyclic amines) is 1. The topological polar surface area (TPSA) is 125 Å². The summed E-state index contributed by atoms with van der Waals surface area (Å²) in [6, 6.07) is 15.6. The van der Waals surface area contributed by atoms with Crippen LogP contribution in [0.25, 0.3) is 22.3 Å². The van der Waals surface area contributed by atoms with Crippen LogP contribution in [0.15, 0.2) is 54.9 Å². The third kappa shape index (κ3) is 5.38. The molecule has 2 fully saturated rings. The minimum Gasteiger partial charge on any atom is -0.378 e. The Hall–Kier alpha value is -3.86. The number of ether oxygens (including phenoxy) is 1. The second kappa shape index (κ2) is 10.9. The highest BCUT2D eigenvalue weighted by Gasteiger charge is 2.19. The van der Waals surface area contributed by atoms with Gasteiger partial charge in [0, 0.05) is 43.6 Å². The number of carbonyl (C=O) groups is 1. The first-order chi connectivity index (χ1) is 18.6. The van der Waals surface area contributed by atoms with Gasteiger partial charge < -0.3 is 25.7 Å². The monoisotopic (exact) mass is 512 g/mol. The number of fused-ring (bicyclic) bond motifs is 1. The molecule has 0 unspecified atom stereocenters. The van der Waals surface area contributed by atoms with Gasteiger partial charge in [0.05, 0.1) is 24.3 Å². The predicted octanol–water partition coefficient (Wildman–Crippen LogP) is 3.03. The van der Waals surface area contributed by atoms with Gasteiger partial charge in [0.15, 0.2) is 0 Å². The average molecular weight is 513 g/mol. The number of rotatable bonds is 6. The zero-order valence-corrected chi connectivity index (χ0v) is 21.3. The highest BCUT2D eigenvalue weighted by Crippen LogP contribution is 2.29. The van der Waals surface area contributed by atoms with E-state index >= 15 is 0 Å². The molecule has 3 aromatic heterocycles. The zero-order valence-electron chi connectivity index (χ0n) is 21.3. The van der Waals surface area contributed by atoms with E-state index in [1.54, 1.807) is 12.4 Å². The highest BCUT2D eigenvalue weighted by atomic mass is 16.5. The Labute approximate surface area is 221 Å². The maximum absolute atomic E-state index is 12.9. The molecule has 10 heteroatoms. The lowest BCUT2D eigenvalue weighted by atomic mass is 10.1. The van der Waals surface area contributed by atoms with E-state index in [1.807, 2.05) is 36.4 Å².